The molecule has 8 nitrogen and oxygen atoms in total. The summed E-state index contributed by atoms with van der Waals surface area (Å²) >= 11 is 12.6. The van der Waals surface area contributed by atoms with Crippen molar-refractivity contribution in [3.8, 4) is 23.0 Å². The van der Waals surface area contributed by atoms with Gasteiger partial charge in [0.25, 0.3) is 11.7 Å². The Morgan fingerprint density at radius 3 is 2.43 bits per heavy atom. The molecule has 2 heterocycles. The van der Waals surface area contributed by atoms with Gasteiger partial charge in [0.15, 0.2) is 17.2 Å². The van der Waals surface area contributed by atoms with E-state index in [0.29, 0.717) is 22.8 Å². The smallest absolute Gasteiger partial charge is 0.295 e. The highest BCUT2D eigenvalue weighted by atomic mass is 35.5. The maximum absolute atomic E-state index is 13.4. The predicted octanol–water partition coefficient (Wildman–Crippen LogP) is 5.36. The van der Waals surface area contributed by atoms with Crippen LogP contribution >= 0.6 is 23.2 Å². The van der Waals surface area contributed by atoms with Crippen molar-refractivity contribution in [2.24, 2.45) is 0 Å². The lowest BCUT2D eigenvalue weighted by Crippen LogP contribution is -2.29. The quantitative estimate of drug-likeness (QED) is 0.255. The van der Waals surface area contributed by atoms with Gasteiger partial charge in [0.1, 0.15) is 11.5 Å². The van der Waals surface area contributed by atoms with Gasteiger partial charge in [-0.2, -0.15) is 0 Å². The summed E-state index contributed by atoms with van der Waals surface area (Å²) in [5.41, 5.74) is 1.36. The topological polar surface area (TPSA) is 94.5 Å². The largest absolute Gasteiger partial charge is 0.507 e. The molecular formula is C27H21Cl2NO7. The van der Waals surface area contributed by atoms with E-state index >= 15 is 0 Å². The van der Waals surface area contributed by atoms with Crippen LogP contribution in [0.5, 0.6) is 23.0 Å². The summed E-state index contributed by atoms with van der Waals surface area (Å²) < 4.78 is 21.4. The number of carbonyl (C=O) groups is 2. The van der Waals surface area contributed by atoms with Crippen LogP contribution in [0.4, 0.5) is 0 Å². The molecule has 0 aromatic heterocycles. The van der Waals surface area contributed by atoms with E-state index in [0.717, 1.165) is 5.56 Å². The van der Waals surface area contributed by atoms with Gasteiger partial charge in [-0.3, -0.25) is 9.59 Å². The Morgan fingerprint density at radius 1 is 1.00 bits per heavy atom. The van der Waals surface area contributed by atoms with Crippen LogP contribution in [0.3, 0.4) is 0 Å². The Kier molecular flexibility index (Phi) is 6.62. The number of amides is 1. The number of ketones is 1. The van der Waals surface area contributed by atoms with Gasteiger partial charge in [-0.15, -0.1) is 0 Å². The average molecular weight is 542 g/mol. The van der Waals surface area contributed by atoms with Gasteiger partial charge >= 0.3 is 0 Å². The van der Waals surface area contributed by atoms with Gasteiger partial charge in [-0.05, 0) is 47.5 Å². The van der Waals surface area contributed by atoms with Crippen LogP contribution in [-0.4, -0.2) is 42.7 Å². The van der Waals surface area contributed by atoms with E-state index in [4.69, 9.17) is 42.1 Å². The maximum Gasteiger partial charge on any atom is 0.295 e. The van der Waals surface area contributed by atoms with E-state index < -0.39 is 23.5 Å². The molecule has 0 saturated carbocycles. The molecule has 37 heavy (non-hydrogen) atoms. The van der Waals surface area contributed by atoms with Gasteiger partial charge < -0.3 is 29.0 Å². The number of hydrogen-bond acceptors (Lipinski definition) is 7. The fraction of sp³-hybridized carbons (Fsp3) is 0.185. The van der Waals surface area contributed by atoms with Gasteiger partial charge in [0.2, 0.25) is 6.79 Å². The first kappa shape index (κ1) is 24.8. The van der Waals surface area contributed by atoms with Crippen molar-refractivity contribution in [1.82, 2.24) is 4.90 Å². The molecule has 3 aromatic carbocycles. The number of aliphatic hydroxyl groups is 1. The number of likely N-dealkylation sites (tertiary alicyclic amines) is 1. The molecule has 1 amide bonds. The summed E-state index contributed by atoms with van der Waals surface area (Å²) in [7, 11) is 2.93. The van der Waals surface area contributed by atoms with E-state index in [2.05, 4.69) is 0 Å². The van der Waals surface area contributed by atoms with Crippen LogP contribution in [0, 0.1) is 0 Å². The summed E-state index contributed by atoms with van der Waals surface area (Å²) in [6.45, 7) is 0.185. The Balaban J connectivity index is 1.64. The van der Waals surface area contributed by atoms with Crippen molar-refractivity contribution in [2.45, 2.75) is 12.6 Å². The third-order valence-electron chi connectivity index (χ3n) is 6.22. The van der Waals surface area contributed by atoms with Crippen LogP contribution in [0.2, 0.25) is 10.0 Å². The molecule has 3 aromatic rings. The van der Waals surface area contributed by atoms with Crippen molar-refractivity contribution in [2.75, 3.05) is 21.0 Å². The molecule has 2 aliphatic heterocycles. The zero-order valence-corrected chi connectivity index (χ0v) is 21.3. The Bertz CT molecular complexity index is 1430. The number of rotatable bonds is 6. The number of carbonyl (C=O) groups excluding carboxylic acids is 2. The van der Waals surface area contributed by atoms with E-state index in [1.165, 1.54) is 31.3 Å². The van der Waals surface area contributed by atoms with E-state index in [9.17, 15) is 14.7 Å². The van der Waals surface area contributed by atoms with Crippen molar-refractivity contribution >= 4 is 40.7 Å². The van der Waals surface area contributed by atoms with E-state index in [1.807, 2.05) is 0 Å². The third-order valence-corrected chi connectivity index (χ3v) is 6.78. The minimum atomic E-state index is -0.917. The molecular weight excluding hydrogens is 521 g/mol. The fourth-order valence-corrected chi connectivity index (χ4v) is 5.13. The number of halogens is 2. The molecule has 2 aliphatic rings. The second-order valence-electron chi connectivity index (χ2n) is 8.36. The van der Waals surface area contributed by atoms with Gasteiger partial charge in [-0.1, -0.05) is 41.4 Å². The highest BCUT2D eigenvalue weighted by Crippen LogP contribution is 2.43. The van der Waals surface area contributed by atoms with Crippen molar-refractivity contribution in [3.63, 3.8) is 0 Å². The molecule has 10 heteroatoms. The van der Waals surface area contributed by atoms with Crippen LogP contribution in [0.25, 0.3) is 5.76 Å². The number of methoxy groups -OCH3 is 2. The van der Waals surface area contributed by atoms with Crippen LogP contribution in [0.1, 0.15) is 22.7 Å². The number of fused-ring (bicyclic) bond motifs is 1. The Labute approximate surface area is 222 Å². The van der Waals surface area contributed by atoms with Gasteiger partial charge in [0, 0.05) is 12.1 Å². The number of Topliss-reactive ketones (excluding diaryl/α,β-unsaturated/α-hetero) is 1. The van der Waals surface area contributed by atoms with Gasteiger partial charge in [0.05, 0.1) is 35.9 Å². The number of aliphatic hydroxyl groups excluding tert-OH is 1. The molecule has 0 aliphatic carbocycles. The first-order chi connectivity index (χ1) is 17.8. The zero-order chi connectivity index (χ0) is 26.3. The van der Waals surface area contributed by atoms with E-state index in [1.54, 1.807) is 42.5 Å². The third kappa shape index (κ3) is 4.43. The lowest BCUT2D eigenvalue weighted by Gasteiger charge is -2.26. The molecule has 0 spiro atoms. The normalized spacial score (nSPS) is 17.8. The monoisotopic (exact) mass is 541 g/mol. The number of hydrogen-bond donors (Lipinski definition) is 1. The summed E-state index contributed by atoms with van der Waals surface area (Å²) in [4.78, 5) is 28.1. The number of benzene rings is 3. The molecule has 0 radical (unpaired) electrons. The van der Waals surface area contributed by atoms with Crippen molar-refractivity contribution in [3.05, 3.63) is 86.9 Å². The minimum absolute atomic E-state index is 0.0734. The zero-order valence-electron chi connectivity index (χ0n) is 19.8. The second-order valence-corrected chi connectivity index (χ2v) is 9.18. The summed E-state index contributed by atoms with van der Waals surface area (Å²) in [6, 6.07) is 14.2. The van der Waals surface area contributed by atoms with Crippen LogP contribution in [-0.2, 0) is 16.1 Å². The minimum Gasteiger partial charge on any atom is -0.507 e. The standard InChI is InChI=1S/C27H21Cl2NO7/c1-34-17-5-3-4-15(9-17)23-22(24(31)16-10-18(28)26(35-2)19(29)11-16)25(32)27(33)30(23)12-14-6-7-20-21(8-14)37-13-36-20/h3-11,23,31H,12-13H2,1-2H3/b24-22+. The molecule has 1 saturated heterocycles. The second kappa shape index (κ2) is 9.88. The van der Waals surface area contributed by atoms with Crippen molar-refractivity contribution in [1.29, 1.82) is 0 Å². The molecule has 1 N–H and O–H groups in total. The van der Waals surface area contributed by atoms with Crippen LogP contribution < -0.4 is 18.9 Å². The average Bonchev–Trinajstić information content (AvgIpc) is 3.46. The summed E-state index contributed by atoms with van der Waals surface area (Å²) in [5, 5.41) is 11.6. The molecule has 1 unspecified atom stereocenters. The van der Waals surface area contributed by atoms with Crippen LogP contribution in [0.15, 0.2) is 60.2 Å². The molecule has 1 fully saturated rings. The molecule has 0 bridgehead atoms. The molecule has 190 valence electrons. The first-order valence-corrected chi connectivity index (χ1v) is 11.9. The summed E-state index contributed by atoms with van der Waals surface area (Å²) in [5.74, 6) is -0.107. The number of ether oxygens (including phenoxy) is 4. The van der Waals surface area contributed by atoms with Crippen molar-refractivity contribution < 1.29 is 33.6 Å². The highest BCUT2D eigenvalue weighted by molar-refractivity contribution is 6.46. The lowest BCUT2D eigenvalue weighted by atomic mass is 9.95. The first-order valence-electron chi connectivity index (χ1n) is 11.2. The van der Waals surface area contributed by atoms with E-state index in [-0.39, 0.29) is 40.3 Å². The fourth-order valence-electron chi connectivity index (χ4n) is 4.48. The highest BCUT2D eigenvalue weighted by Gasteiger charge is 2.46. The maximum atomic E-state index is 13.4. The lowest BCUT2D eigenvalue weighted by molar-refractivity contribution is -0.140. The number of nitrogens with zero attached hydrogens (tertiary/aromatic N) is 1. The Morgan fingerprint density at radius 2 is 1.73 bits per heavy atom. The predicted molar refractivity (Wildman–Crippen MR) is 136 cm³/mol. The molecule has 5 rings (SSSR count). The van der Waals surface area contributed by atoms with Gasteiger partial charge in [-0.25, -0.2) is 0 Å². The SMILES string of the molecule is COc1cccc(C2/C(=C(\O)c3cc(Cl)c(OC)c(Cl)c3)C(=O)C(=O)N2Cc2ccc3c(c2)OCO3)c1. The summed E-state index contributed by atoms with van der Waals surface area (Å²) in [6.07, 6.45) is 0. The Hall–Kier alpha value is -3.88. The molecule has 1 atom stereocenters.